The van der Waals surface area contributed by atoms with Crippen LogP contribution in [0.4, 0.5) is 0 Å². The molecule has 6 heteroatoms. The Balaban J connectivity index is 1.69. The van der Waals surface area contributed by atoms with Crippen molar-refractivity contribution in [3.8, 4) is 34.5 Å². The number of methoxy groups -OCH3 is 1. The van der Waals surface area contributed by atoms with Crippen molar-refractivity contribution in [2.45, 2.75) is 0 Å². The van der Waals surface area contributed by atoms with E-state index in [0.29, 0.717) is 17.2 Å². The van der Waals surface area contributed by atoms with E-state index in [9.17, 15) is 5.11 Å². The standard InChI is InChI=1S/C26H17N3O3/c1-31-26-28-24(17-10-4-6-12-20(17)30)27-25(29-26)19-14-22-23(16-9-3-2-8-15(16)19)18-11-5-7-13-21(18)32-22/h2-14,30H,1H3. The van der Waals surface area contributed by atoms with Gasteiger partial charge in [0, 0.05) is 16.3 Å². The van der Waals surface area contributed by atoms with Gasteiger partial charge in [0.25, 0.3) is 0 Å². The molecule has 1 N–H and O–H groups in total. The predicted molar refractivity (Wildman–Crippen MR) is 124 cm³/mol. The lowest BCUT2D eigenvalue weighted by Crippen LogP contribution is -2.01. The van der Waals surface area contributed by atoms with Gasteiger partial charge in [0.15, 0.2) is 11.6 Å². The third-order valence-corrected chi connectivity index (χ3v) is 5.57. The summed E-state index contributed by atoms with van der Waals surface area (Å²) in [6, 6.07) is 25.2. The molecule has 0 amide bonds. The molecule has 0 saturated heterocycles. The molecule has 0 aliphatic rings. The molecule has 6 rings (SSSR count). The third kappa shape index (κ3) is 2.77. The van der Waals surface area contributed by atoms with Crippen LogP contribution in [-0.2, 0) is 0 Å². The number of hydrogen-bond acceptors (Lipinski definition) is 6. The molecule has 0 radical (unpaired) electrons. The van der Waals surface area contributed by atoms with Crippen LogP contribution in [0.25, 0.3) is 55.5 Å². The van der Waals surface area contributed by atoms with Crippen LogP contribution in [0.5, 0.6) is 11.8 Å². The average molecular weight is 419 g/mol. The van der Waals surface area contributed by atoms with Gasteiger partial charge in [0.05, 0.1) is 12.7 Å². The van der Waals surface area contributed by atoms with Gasteiger partial charge < -0.3 is 14.3 Å². The number of aromatic nitrogens is 3. The van der Waals surface area contributed by atoms with Gasteiger partial charge in [-0.2, -0.15) is 9.97 Å². The monoisotopic (exact) mass is 419 g/mol. The predicted octanol–water partition coefficient (Wildman–Crippen LogP) is 5.97. The molecule has 0 unspecified atom stereocenters. The molecule has 2 aromatic heterocycles. The van der Waals surface area contributed by atoms with Gasteiger partial charge in [-0.25, -0.2) is 4.98 Å². The Bertz CT molecular complexity index is 1640. The lowest BCUT2D eigenvalue weighted by atomic mass is 9.99. The van der Waals surface area contributed by atoms with Crippen LogP contribution in [0, 0.1) is 0 Å². The minimum absolute atomic E-state index is 0.0873. The zero-order valence-corrected chi connectivity index (χ0v) is 17.1. The molecule has 0 aliphatic carbocycles. The summed E-state index contributed by atoms with van der Waals surface area (Å²) >= 11 is 0. The first kappa shape index (κ1) is 18.3. The first-order valence-corrected chi connectivity index (χ1v) is 10.1. The molecule has 0 atom stereocenters. The van der Waals surface area contributed by atoms with E-state index in [2.05, 4.69) is 27.1 Å². The number of benzene rings is 4. The number of hydrogen-bond donors (Lipinski definition) is 1. The van der Waals surface area contributed by atoms with Crippen molar-refractivity contribution in [2.24, 2.45) is 0 Å². The van der Waals surface area contributed by atoms with Gasteiger partial charge in [-0.3, -0.25) is 0 Å². The highest BCUT2D eigenvalue weighted by molar-refractivity contribution is 6.21. The van der Waals surface area contributed by atoms with Gasteiger partial charge >= 0.3 is 6.01 Å². The molecule has 6 nitrogen and oxygen atoms in total. The van der Waals surface area contributed by atoms with Crippen molar-refractivity contribution in [3.05, 3.63) is 78.9 Å². The summed E-state index contributed by atoms with van der Waals surface area (Å²) in [7, 11) is 1.51. The maximum Gasteiger partial charge on any atom is 0.320 e. The Morgan fingerprint density at radius 1 is 0.688 bits per heavy atom. The van der Waals surface area contributed by atoms with Gasteiger partial charge in [-0.1, -0.05) is 54.6 Å². The molecule has 6 aromatic rings. The van der Waals surface area contributed by atoms with E-state index in [-0.39, 0.29) is 11.8 Å². The minimum atomic E-state index is 0.0873. The zero-order valence-electron chi connectivity index (χ0n) is 17.1. The first-order chi connectivity index (χ1) is 15.7. The Hall–Kier alpha value is -4.45. The molecule has 32 heavy (non-hydrogen) atoms. The smallest absolute Gasteiger partial charge is 0.320 e. The maximum absolute atomic E-state index is 10.3. The highest BCUT2D eigenvalue weighted by Gasteiger charge is 2.18. The lowest BCUT2D eigenvalue weighted by Gasteiger charge is -2.10. The quantitative estimate of drug-likeness (QED) is 0.380. The largest absolute Gasteiger partial charge is 0.507 e. The number of rotatable bonds is 3. The minimum Gasteiger partial charge on any atom is -0.507 e. The second kappa shape index (κ2) is 7.06. The molecule has 2 heterocycles. The number of fused-ring (bicyclic) bond motifs is 5. The fourth-order valence-corrected chi connectivity index (χ4v) is 4.13. The van der Waals surface area contributed by atoms with Gasteiger partial charge in [-0.15, -0.1) is 0 Å². The highest BCUT2D eigenvalue weighted by atomic mass is 16.5. The molecule has 0 aliphatic heterocycles. The van der Waals surface area contributed by atoms with E-state index < -0.39 is 0 Å². The van der Waals surface area contributed by atoms with E-state index >= 15 is 0 Å². The Morgan fingerprint density at radius 3 is 2.12 bits per heavy atom. The summed E-state index contributed by atoms with van der Waals surface area (Å²) in [6.07, 6.45) is 0. The maximum atomic E-state index is 10.3. The Morgan fingerprint density at radius 2 is 1.34 bits per heavy atom. The first-order valence-electron chi connectivity index (χ1n) is 10.1. The second-order valence-electron chi connectivity index (χ2n) is 7.43. The molecular formula is C26H17N3O3. The summed E-state index contributed by atoms with van der Waals surface area (Å²) in [5.41, 5.74) is 2.88. The Kier molecular flexibility index (Phi) is 4.04. The van der Waals surface area contributed by atoms with Crippen LogP contribution in [0.1, 0.15) is 0 Å². The van der Waals surface area contributed by atoms with Crippen molar-refractivity contribution >= 4 is 32.7 Å². The number of para-hydroxylation sites is 2. The number of aromatic hydroxyl groups is 1. The highest BCUT2D eigenvalue weighted by Crippen LogP contribution is 2.39. The van der Waals surface area contributed by atoms with Crippen molar-refractivity contribution in [2.75, 3.05) is 7.11 Å². The lowest BCUT2D eigenvalue weighted by molar-refractivity contribution is 0.379. The zero-order chi connectivity index (χ0) is 21.7. The Labute approximate surface area is 182 Å². The number of furan rings is 1. The molecule has 0 fully saturated rings. The van der Waals surface area contributed by atoms with Crippen LogP contribution in [0.3, 0.4) is 0 Å². The summed E-state index contributed by atoms with van der Waals surface area (Å²) < 4.78 is 11.5. The van der Waals surface area contributed by atoms with Crippen molar-refractivity contribution in [1.29, 1.82) is 0 Å². The van der Waals surface area contributed by atoms with Crippen molar-refractivity contribution < 1.29 is 14.3 Å². The van der Waals surface area contributed by atoms with Gasteiger partial charge in [0.1, 0.15) is 16.9 Å². The molecular weight excluding hydrogens is 402 g/mol. The van der Waals surface area contributed by atoms with E-state index in [4.69, 9.17) is 9.15 Å². The number of ether oxygens (including phenoxy) is 1. The number of phenols is 1. The third-order valence-electron chi connectivity index (χ3n) is 5.57. The average Bonchev–Trinajstić information content (AvgIpc) is 3.22. The van der Waals surface area contributed by atoms with E-state index in [1.165, 1.54) is 7.11 Å². The number of phenolic OH excluding ortho intramolecular Hbond substituents is 1. The normalized spacial score (nSPS) is 11.4. The summed E-state index contributed by atoms with van der Waals surface area (Å²) in [6.45, 7) is 0. The second-order valence-corrected chi connectivity index (χ2v) is 7.43. The molecule has 0 spiro atoms. The summed E-state index contributed by atoms with van der Waals surface area (Å²) in [4.78, 5) is 13.6. The fraction of sp³-hybridized carbons (Fsp3) is 0.0385. The van der Waals surface area contributed by atoms with Crippen LogP contribution < -0.4 is 4.74 Å². The summed E-state index contributed by atoms with van der Waals surface area (Å²) in [5.74, 6) is 0.858. The summed E-state index contributed by atoms with van der Waals surface area (Å²) in [5, 5.41) is 14.5. The molecule has 0 bridgehead atoms. The van der Waals surface area contributed by atoms with Gasteiger partial charge in [0.2, 0.25) is 0 Å². The van der Waals surface area contributed by atoms with Crippen molar-refractivity contribution in [3.63, 3.8) is 0 Å². The van der Waals surface area contributed by atoms with Crippen molar-refractivity contribution in [1.82, 2.24) is 15.0 Å². The molecule has 4 aromatic carbocycles. The molecule has 0 saturated carbocycles. The van der Waals surface area contributed by atoms with Crippen LogP contribution in [0.2, 0.25) is 0 Å². The topological polar surface area (TPSA) is 81.3 Å². The molecule has 154 valence electrons. The SMILES string of the molecule is COc1nc(-c2ccccc2O)nc(-c2cc3oc4ccccc4c3c3ccccc23)n1. The van der Waals surface area contributed by atoms with Crippen LogP contribution in [-0.4, -0.2) is 27.2 Å². The van der Waals surface area contributed by atoms with E-state index in [1.54, 1.807) is 18.2 Å². The number of nitrogens with zero attached hydrogens (tertiary/aromatic N) is 3. The van der Waals surface area contributed by atoms with E-state index in [0.717, 1.165) is 38.3 Å². The fourth-order valence-electron chi connectivity index (χ4n) is 4.13. The van der Waals surface area contributed by atoms with E-state index in [1.807, 2.05) is 48.5 Å². The van der Waals surface area contributed by atoms with Gasteiger partial charge in [-0.05, 0) is 35.0 Å². The van der Waals surface area contributed by atoms with Crippen LogP contribution in [0.15, 0.2) is 83.3 Å². The van der Waals surface area contributed by atoms with Crippen LogP contribution >= 0.6 is 0 Å².